The Hall–Kier alpha value is -2.08. The van der Waals surface area contributed by atoms with E-state index in [9.17, 15) is 9.59 Å². The molecule has 1 aromatic rings. The van der Waals surface area contributed by atoms with Crippen molar-refractivity contribution in [3.8, 4) is 5.75 Å². The van der Waals surface area contributed by atoms with E-state index in [-0.39, 0.29) is 36.4 Å². The lowest BCUT2D eigenvalue weighted by Gasteiger charge is -2.43. The number of piperidine rings is 1. The Balaban J connectivity index is 1.49. The van der Waals surface area contributed by atoms with Gasteiger partial charge in [0.15, 0.2) is 6.61 Å². The first-order chi connectivity index (χ1) is 12.5. The van der Waals surface area contributed by atoms with Gasteiger partial charge in [0.2, 0.25) is 5.91 Å². The van der Waals surface area contributed by atoms with E-state index in [1.54, 1.807) is 7.11 Å². The highest BCUT2D eigenvalue weighted by Crippen LogP contribution is 2.35. The van der Waals surface area contributed by atoms with Crippen LogP contribution in [-0.4, -0.2) is 44.2 Å². The van der Waals surface area contributed by atoms with E-state index < -0.39 is 0 Å². The van der Waals surface area contributed by atoms with Crippen LogP contribution < -0.4 is 15.4 Å². The number of carbonyl (C=O) groups excluding carboxylic acids is 2. The van der Waals surface area contributed by atoms with Crippen molar-refractivity contribution >= 4 is 11.8 Å². The van der Waals surface area contributed by atoms with Gasteiger partial charge in [0, 0.05) is 32.2 Å². The Morgan fingerprint density at radius 2 is 2.19 bits per heavy atom. The maximum absolute atomic E-state index is 12.2. The molecule has 1 saturated heterocycles. The third-order valence-electron chi connectivity index (χ3n) is 5.41. The molecule has 4 atom stereocenters. The van der Waals surface area contributed by atoms with Crippen LogP contribution in [0.1, 0.15) is 31.2 Å². The maximum atomic E-state index is 12.2. The minimum Gasteiger partial charge on any atom is -0.484 e. The van der Waals surface area contributed by atoms with Crippen LogP contribution in [0.5, 0.6) is 5.75 Å². The first-order valence-corrected chi connectivity index (χ1v) is 9.32. The summed E-state index contributed by atoms with van der Waals surface area (Å²) in [7, 11) is 1.68. The van der Waals surface area contributed by atoms with Gasteiger partial charge in [0.05, 0.1) is 0 Å². The van der Waals surface area contributed by atoms with Gasteiger partial charge < -0.3 is 20.1 Å². The molecule has 1 heterocycles. The fourth-order valence-electron chi connectivity index (χ4n) is 4.23. The van der Waals surface area contributed by atoms with Gasteiger partial charge in [0.25, 0.3) is 5.91 Å². The smallest absolute Gasteiger partial charge is 0.258 e. The van der Waals surface area contributed by atoms with Crippen LogP contribution in [0.15, 0.2) is 24.3 Å². The number of benzene rings is 1. The van der Waals surface area contributed by atoms with E-state index in [0.29, 0.717) is 24.7 Å². The van der Waals surface area contributed by atoms with Crippen molar-refractivity contribution in [1.82, 2.24) is 10.6 Å². The van der Waals surface area contributed by atoms with Crippen LogP contribution in [0, 0.1) is 18.8 Å². The molecular formula is C20H28N2O4. The van der Waals surface area contributed by atoms with E-state index >= 15 is 0 Å². The highest BCUT2D eigenvalue weighted by molar-refractivity contribution is 5.78. The van der Waals surface area contributed by atoms with Gasteiger partial charge >= 0.3 is 0 Å². The summed E-state index contributed by atoms with van der Waals surface area (Å²) in [5, 5.41) is 6.15. The van der Waals surface area contributed by atoms with E-state index in [1.165, 1.54) is 0 Å². The Morgan fingerprint density at radius 1 is 1.35 bits per heavy atom. The molecule has 1 saturated carbocycles. The summed E-state index contributed by atoms with van der Waals surface area (Å²) in [5.74, 6) is 1.38. The number of fused-ring (bicyclic) bond motifs is 1. The predicted octanol–water partition coefficient (Wildman–Crippen LogP) is 1.81. The van der Waals surface area contributed by atoms with Gasteiger partial charge in [-0.05, 0) is 55.7 Å². The molecule has 6 heteroatoms. The number of nitrogens with one attached hydrogen (secondary N) is 2. The first-order valence-electron chi connectivity index (χ1n) is 9.32. The number of ether oxygens (including phenoxy) is 2. The average Bonchev–Trinajstić information content (AvgIpc) is 2.60. The number of aryl methyl sites for hydroxylation is 1. The maximum Gasteiger partial charge on any atom is 0.258 e. The standard InChI is InChI=1S/C20H28N2O4/c1-13-4-3-5-16(8-13)26-12-20(24)21-15-6-7-17-14(11-25-2)9-19(23)22-18(17)10-15/h3-5,8,14-15,17-18H,6-7,9-12H2,1-2H3,(H,21,24)(H,22,23). The molecule has 26 heavy (non-hydrogen) atoms. The van der Waals surface area contributed by atoms with Gasteiger partial charge in [-0.1, -0.05) is 12.1 Å². The summed E-state index contributed by atoms with van der Waals surface area (Å²) in [4.78, 5) is 24.2. The second kappa shape index (κ2) is 8.54. The second-order valence-electron chi connectivity index (χ2n) is 7.44. The third kappa shape index (κ3) is 4.75. The summed E-state index contributed by atoms with van der Waals surface area (Å²) in [5.41, 5.74) is 1.10. The molecule has 2 fully saturated rings. The van der Waals surface area contributed by atoms with E-state index in [1.807, 2.05) is 31.2 Å². The Bertz CT molecular complexity index is 648. The van der Waals surface area contributed by atoms with Crippen LogP contribution in [-0.2, 0) is 14.3 Å². The number of methoxy groups -OCH3 is 1. The van der Waals surface area contributed by atoms with Crippen molar-refractivity contribution in [2.45, 2.75) is 44.7 Å². The number of hydrogen-bond acceptors (Lipinski definition) is 4. The monoisotopic (exact) mass is 360 g/mol. The van der Waals surface area contributed by atoms with Gasteiger partial charge in [-0.3, -0.25) is 9.59 Å². The zero-order chi connectivity index (χ0) is 18.5. The topological polar surface area (TPSA) is 76.7 Å². The van der Waals surface area contributed by atoms with Crippen LogP contribution in [0.25, 0.3) is 0 Å². The molecule has 1 aliphatic heterocycles. The van der Waals surface area contributed by atoms with Crippen molar-refractivity contribution < 1.29 is 19.1 Å². The summed E-state index contributed by atoms with van der Waals surface area (Å²) < 4.78 is 10.9. The lowest BCUT2D eigenvalue weighted by atomic mass is 9.71. The molecular weight excluding hydrogens is 332 g/mol. The summed E-state index contributed by atoms with van der Waals surface area (Å²) in [6.07, 6.45) is 3.22. The Kier molecular flexibility index (Phi) is 6.14. The highest BCUT2D eigenvalue weighted by Gasteiger charge is 2.40. The van der Waals surface area contributed by atoms with Crippen LogP contribution in [0.4, 0.5) is 0 Å². The quantitative estimate of drug-likeness (QED) is 0.811. The van der Waals surface area contributed by atoms with Crippen LogP contribution >= 0.6 is 0 Å². The zero-order valence-corrected chi connectivity index (χ0v) is 15.5. The van der Waals surface area contributed by atoms with Crippen LogP contribution in [0.3, 0.4) is 0 Å². The normalized spacial score (nSPS) is 28.0. The molecule has 2 N–H and O–H groups in total. The summed E-state index contributed by atoms with van der Waals surface area (Å²) in [6, 6.07) is 7.84. The van der Waals surface area contributed by atoms with Gasteiger partial charge in [-0.15, -0.1) is 0 Å². The molecule has 0 aromatic heterocycles. The van der Waals surface area contributed by atoms with Gasteiger partial charge in [-0.25, -0.2) is 0 Å². The molecule has 0 bridgehead atoms. The lowest BCUT2D eigenvalue weighted by Crippen LogP contribution is -2.56. The molecule has 3 rings (SSSR count). The highest BCUT2D eigenvalue weighted by atomic mass is 16.5. The number of hydrogen-bond donors (Lipinski definition) is 2. The van der Waals surface area contributed by atoms with Crippen molar-refractivity contribution in [1.29, 1.82) is 0 Å². The summed E-state index contributed by atoms with van der Waals surface area (Å²) >= 11 is 0. The third-order valence-corrected chi connectivity index (χ3v) is 5.41. The van der Waals surface area contributed by atoms with E-state index in [0.717, 1.165) is 24.8 Å². The fraction of sp³-hybridized carbons (Fsp3) is 0.600. The molecule has 142 valence electrons. The second-order valence-corrected chi connectivity index (χ2v) is 7.44. The van der Waals surface area contributed by atoms with E-state index in [2.05, 4.69) is 10.6 Å². The van der Waals surface area contributed by atoms with Crippen molar-refractivity contribution in [2.75, 3.05) is 20.3 Å². The zero-order valence-electron chi connectivity index (χ0n) is 15.5. The molecule has 0 spiro atoms. The van der Waals surface area contributed by atoms with Crippen LogP contribution in [0.2, 0.25) is 0 Å². The van der Waals surface area contributed by atoms with Crippen molar-refractivity contribution in [2.24, 2.45) is 11.8 Å². The summed E-state index contributed by atoms with van der Waals surface area (Å²) in [6.45, 7) is 2.61. The Labute approximate surface area is 154 Å². The number of rotatable bonds is 6. The molecule has 1 aromatic carbocycles. The molecule has 2 amide bonds. The molecule has 2 aliphatic rings. The number of carbonyl (C=O) groups is 2. The number of amides is 2. The molecule has 4 unspecified atom stereocenters. The first kappa shape index (κ1) is 18.7. The minimum absolute atomic E-state index is 0.00665. The molecule has 1 aliphatic carbocycles. The van der Waals surface area contributed by atoms with Crippen molar-refractivity contribution in [3.05, 3.63) is 29.8 Å². The Morgan fingerprint density at radius 3 is 2.96 bits per heavy atom. The predicted molar refractivity (Wildman–Crippen MR) is 97.9 cm³/mol. The fourth-order valence-corrected chi connectivity index (χ4v) is 4.23. The largest absolute Gasteiger partial charge is 0.484 e. The SMILES string of the molecule is COCC1CC(=O)NC2CC(NC(=O)COc3cccc(C)c3)CCC12. The van der Waals surface area contributed by atoms with Crippen molar-refractivity contribution in [3.63, 3.8) is 0 Å². The lowest BCUT2D eigenvalue weighted by molar-refractivity contribution is -0.128. The van der Waals surface area contributed by atoms with Gasteiger partial charge in [0.1, 0.15) is 5.75 Å². The molecule has 6 nitrogen and oxygen atoms in total. The average molecular weight is 360 g/mol. The van der Waals surface area contributed by atoms with Gasteiger partial charge in [-0.2, -0.15) is 0 Å². The molecule has 0 radical (unpaired) electrons. The van der Waals surface area contributed by atoms with E-state index in [4.69, 9.17) is 9.47 Å². The minimum atomic E-state index is -0.120.